The Balaban J connectivity index is 1.87. The van der Waals surface area contributed by atoms with Crippen molar-refractivity contribution in [2.24, 2.45) is 0 Å². The summed E-state index contributed by atoms with van der Waals surface area (Å²) in [5, 5.41) is 0. The van der Waals surface area contributed by atoms with Crippen LogP contribution in [0.1, 0.15) is 25.6 Å². The molecule has 1 aliphatic heterocycles. The van der Waals surface area contributed by atoms with E-state index in [0.717, 1.165) is 34.4 Å². The molecule has 114 valence electrons. The summed E-state index contributed by atoms with van der Waals surface area (Å²) in [5.74, 6) is 2.83. The number of anilines is 3. The highest BCUT2D eigenvalue weighted by Gasteiger charge is 2.25. The van der Waals surface area contributed by atoms with Crippen molar-refractivity contribution in [2.45, 2.75) is 19.8 Å². The second kappa shape index (κ2) is 5.39. The fraction of sp³-hybridized carbons (Fsp3) is 0.158. The smallest absolute Gasteiger partial charge is 0.151 e. The molecule has 0 fully saturated rings. The molecule has 23 heavy (non-hydrogen) atoms. The van der Waals surface area contributed by atoms with Crippen molar-refractivity contribution in [1.29, 1.82) is 0 Å². The van der Waals surface area contributed by atoms with Crippen LogP contribution in [0.2, 0.25) is 0 Å². The van der Waals surface area contributed by atoms with Crippen molar-refractivity contribution in [3.8, 4) is 11.5 Å². The summed E-state index contributed by atoms with van der Waals surface area (Å²) in [5.41, 5.74) is 2.91. The maximum Gasteiger partial charge on any atom is 0.151 e. The van der Waals surface area contributed by atoms with Gasteiger partial charge in [0.25, 0.3) is 0 Å². The number of nitrogens with zero attached hydrogens (tertiary/aromatic N) is 3. The van der Waals surface area contributed by atoms with E-state index in [9.17, 15) is 0 Å². The Labute approximate surface area is 135 Å². The lowest BCUT2D eigenvalue weighted by molar-refractivity contribution is 0.477. The third-order valence-corrected chi connectivity index (χ3v) is 3.87. The summed E-state index contributed by atoms with van der Waals surface area (Å²) in [4.78, 5) is 11.1. The van der Waals surface area contributed by atoms with E-state index >= 15 is 0 Å². The van der Waals surface area contributed by atoms with Crippen LogP contribution in [0.15, 0.2) is 60.9 Å². The predicted octanol–water partition coefficient (Wildman–Crippen LogP) is 5.18. The van der Waals surface area contributed by atoms with E-state index in [2.05, 4.69) is 28.7 Å². The number of rotatable bonds is 2. The highest BCUT2D eigenvalue weighted by atomic mass is 16.5. The van der Waals surface area contributed by atoms with E-state index in [1.165, 1.54) is 0 Å². The zero-order chi connectivity index (χ0) is 15.8. The normalized spacial score (nSPS) is 12.6. The summed E-state index contributed by atoms with van der Waals surface area (Å²) < 4.78 is 6.01. The van der Waals surface area contributed by atoms with Crippen LogP contribution >= 0.6 is 0 Å². The largest absolute Gasteiger partial charge is 0.453 e. The monoisotopic (exact) mass is 303 g/mol. The Bertz CT molecular complexity index is 798. The van der Waals surface area contributed by atoms with Crippen LogP contribution in [-0.2, 0) is 0 Å². The molecular formula is C19H17N3O. The molecule has 0 saturated heterocycles. The van der Waals surface area contributed by atoms with Gasteiger partial charge >= 0.3 is 0 Å². The third-order valence-electron chi connectivity index (χ3n) is 3.87. The van der Waals surface area contributed by atoms with Crippen LogP contribution in [-0.4, -0.2) is 9.97 Å². The Kier molecular flexibility index (Phi) is 3.23. The minimum Gasteiger partial charge on any atom is -0.453 e. The number of hydrogen-bond acceptors (Lipinski definition) is 4. The molecule has 4 rings (SSSR count). The first-order valence-corrected chi connectivity index (χ1v) is 7.72. The summed E-state index contributed by atoms with van der Waals surface area (Å²) in [6, 6.07) is 16.0. The molecule has 4 nitrogen and oxygen atoms in total. The molecule has 2 heterocycles. The second-order valence-electron chi connectivity index (χ2n) is 5.83. The maximum atomic E-state index is 6.01. The van der Waals surface area contributed by atoms with Gasteiger partial charge in [-0.15, -0.1) is 0 Å². The van der Waals surface area contributed by atoms with Crippen LogP contribution < -0.4 is 9.64 Å². The second-order valence-corrected chi connectivity index (χ2v) is 5.83. The molecule has 0 aliphatic carbocycles. The lowest BCUT2D eigenvalue weighted by Gasteiger charge is -2.32. The van der Waals surface area contributed by atoms with Crippen molar-refractivity contribution in [1.82, 2.24) is 9.97 Å². The van der Waals surface area contributed by atoms with E-state index in [1.807, 2.05) is 60.9 Å². The first-order valence-electron chi connectivity index (χ1n) is 7.72. The molecule has 0 bridgehead atoms. The molecule has 0 unspecified atom stereocenters. The van der Waals surface area contributed by atoms with E-state index in [0.29, 0.717) is 5.92 Å². The van der Waals surface area contributed by atoms with Crippen LogP contribution in [0.5, 0.6) is 11.5 Å². The zero-order valence-corrected chi connectivity index (χ0v) is 13.1. The third kappa shape index (κ3) is 2.32. The minimum atomic E-state index is 0.313. The van der Waals surface area contributed by atoms with Gasteiger partial charge in [-0.05, 0) is 24.3 Å². The minimum absolute atomic E-state index is 0.313. The maximum absolute atomic E-state index is 6.01. The van der Waals surface area contributed by atoms with Gasteiger partial charge in [0.15, 0.2) is 11.5 Å². The summed E-state index contributed by atoms with van der Waals surface area (Å²) in [6.45, 7) is 4.18. The van der Waals surface area contributed by atoms with Crippen molar-refractivity contribution in [2.75, 3.05) is 4.90 Å². The lowest BCUT2D eigenvalue weighted by atomic mass is 10.1. The van der Waals surface area contributed by atoms with Crippen LogP contribution in [0, 0.1) is 0 Å². The molecule has 0 spiro atoms. The summed E-state index contributed by atoms with van der Waals surface area (Å²) in [7, 11) is 0. The molecular weight excluding hydrogens is 286 g/mol. The van der Waals surface area contributed by atoms with Gasteiger partial charge in [-0.2, -0.15) is 0 Å². The van der Waals surface area contributed by atoms with Crippen LogP contribution in [0.25, 0.3) is 0 Å². The lowest BCUT2D eigenvalue weighted by Crippen LogP contribution is -2.16. The van der Waals surface area contributed by atoms with Gasteiger partial charge in [0.2, 0.25) is 0 Å². The van der Waals surface area contributed by atoms with Gasteiger partial charge < -0.3 is 9.64 Å². The molecule has 2 aromatic carbocycles. The average molecular weight is 303 g/mol. The van der Waals surface area contributed by atoms with Crippen LogP contribution in [0.3, 0.4) is 0 Å². The van der Waals surface area contributed by atoms with Crippen molar-refractivity contribution in [3.05, 3.63) is 66.7 Å². The predicted molar refractivity (Wildman–Crippen MR) is 90.9 cm³/mol. The first-order chi connectivity index (χ1) is 11.2. The number of fused-ring (bicyclic) bond motifs is 2. The molecule has 4 heteroatoms. The number of aromatic nitrogens is 2. The van der Waals surface area contributed by atoms with E-state index in [-0.39, 0.29) is 0 Å². The van der Waals surface area contributed by atoms with Crippen molar-refractivity contribution < 1.29 is 4.74 Å². The fourth-order valence-electron chi connectivity index (χ4n) is 2.73. The Morgan fingerprint density at radius 2 is 1.35 bits per heavy atom. The molecule has 0 N–H and O–H groups in total. The summed E-state index contributed by atoms with van der Waals surface area (Å²) >= 11 is 0. The van der Waals surface area contributed by atoms with Gasteiger partial charge in [0.05, 0.1) is 29.5 Å². The Hall–Kier alpha value is -2.88. The molecule has 0 saturated carbocycles. The fourth-order valence-corrected chi connectivity index (χ4v) is 2.73. The SMILES string of the molecule is CC(C)c1ncc(N2c3ccccc3Oc3ccccc32)cn1. The molecule has 0 amide bonds. The van der Waals surface area contributed by atoms with Crippen LogP contribution in [0.4, 0.5) is 17.1 Å². The van der Waals surface area contributed by atoms with Gasteiger partial charge in [-0.1, -0.05) is 38.1 Å². The van der Waals surface area contributed by atoms with E-state index < -0.39 is 0 Å². The Morgan fingerprint density at radius 1 is 0.826 bits per heavy atom. The molecule has 1 aromatic heterocycles. The van der Waals surface area contributed by atoms with Crippen molar-refractivity contribution in [3.63, 3.8) is 0 Å². The highest BCUT2D eigenvalue weighted by molar-refractivity contribution is 5.85. The van der Waals surface area contributed by atoms with E-state index in [4.69, 9.17) is 4.74 Å². The number of para-hydroxylation sites is 4. The number of ether oxygens (including phenoxy) is 1. The Morgan fingerprint density at radius 3 is 1.87 bits per heavy atom. The quantitative estimate of drug-likeness (QED) is 0.511. The average Bonchev–Trinajstić information content (AvgIpc) is 2.59. The topological polar surface area (TPSA) is 38.2 Å². The van der Waals surface area contributed by atoms with Gasteiger partial charge in [0.1, 0.15) is 5.82 Å². The zero-order valence-electron chi connectivity index (χ0n) is 13.1. The van der Waals surface area contributed by atoms with Gasteiger partial charge in [0, 0.05) is 5.92 Å². The van der Waals surface area contributed by atoms with Crippen molar-refractivity contribution >= 4 is 17.1 Å². The highest BCUT2D eigenvalue weighted by Crippen LogP contribution is 2.49. The van der Waals surface area contributed by atoms with Gasteiger partial charge in [-0.3, -0.25) is 0 Å². The molecule has 3 aromatic rings. The molecule has 1 aliphatic rings. The molecule has 0 radical (unpaired) electrons. The van der Waals surface area contributed by atoms with E-state index in [1.54, 1.807) is 0 Å². The number of hydrogen-bond donors (Lipinski definition) is 0. The molecule has 0 atom stereocenters. The standard InChI is InChI=1S/C19H17N3O/c1-13(2)19-20-11-14(12-21-19)22-15-7-3-5-9-17(15)23-18-10-6-4-8-16(18)22/h3-13H,1-2H3. The summed E-state index contributed by atoms with van der Waals surface area (Å²) in [6.07, 6.45) is 3.75. The number of benzene rings is 2. The first kappa shape index (κ1) is 13.8. The van der Waals surface area contributed by atoms with Gasteiger partial charge in [-0.25, -0.2) is 9.97 Å².